The minimum absolute atomic E-state index is 0.0217. The Bertz CT molecular complexity index is 1190. The molecule has 5 heteroatoms. The number of hydrogen-bond acceptors (Lipinski definition) is 3. The lowest BCUT2D eigenvalue weighted by atomic mass is 10.1. The van der Waals surface area contributed by atoms with Gasteiger partial charge in [0.15, 0.2) is 0 Å². The Balaban J connectivity index is 1.77. The van der Waals surface area contributed by atoms with Crippen molar-refractivity contribution in [3.05, 3.63) is 117 Å². The molecule has 0 aliphatic carbocycles. The van der Waals surface area contributed by atoms with Crippen LogP contribution in [0.2, 0.25) is 0 Å². The van der Waals surface area contributed by atoms with Crippen LogP contribution < -0.4 is 4.90 Å². The van der Waals surface area contributed by atoms with E-state index in [0.29, 0.717) is 5.57 Å². The van der Waals surface area contributed by atoms with E-state index in [1.165, 1.54) is 17.7 Å². The van der Waals surface area contributed by atoms with Crippen LogP contribution in [-0.4, -0.2) is 10.8 Å². The maximum absolute atomic E-state index is 13.4. The number of hydrogen-bond donors (Lipinski definition) is 0. The van der Waals surface area contributed by atoms with Crippen LogP contribution >= 0.6 is 0 Å². The van der Waals surface area contributed by atoms with Crippen molar-refractivity contribution in [3.8, 4) is 0 Å². The Morgan fingerprint density at radius 1 is 0.935 bits per heavy atom. The number of amides is 1. The minimum atomic E-state index is -0.436. The zero-order valence-electron chi connectivity index (χ0n) is 17.4. The summed E-state index contributed by atoms with van der Waals surface area (Å²) < 4.78 is 0. The highest BCUT2D eigenvalue weighted by atomic mass is 16.6. The van der Waals surface area contributed by atoms with Gasteiger partial charge >= 0.3 is 0 Å². The van der Waals surface area contributed by atoms with Gasteiger partial charge < -0.3 is 0 Å². The molecule has 0 unspecified atom stereocenters. The molecule has 1 heterocycles. The van der Waals surface area contributed by atoms with Gasteiger partial charge in [-0.15, -0.1) is 0 Å². The molecule has 3 aromatic rings. The fraction of sp³-hybridized carbons (Fsp3) is 0.115. The van der Waals surface area contributed by atoms with Gasteiger partial charge in [-0.05, 0) is 66.5 Å². The van der Waals surface area contributed by atoms with Gasteiger partial charge in [-0.1, -0.05) is 48.9 Å². The van der Waals surface area contributed by atoms with E-state index in [1.807, 2.05) is 61.5 Å². The van der Waals surface area contributed by atoms with E-state index >= 15 is 0 Å². The highest BCUT2D eigenvalue weighted by molar-refractivity contribution is 6.23. The summed E-state index contributed by atoms with van der Waals surface area (Å²) in [5, 5.41) is 10.9. The lowest BCUT2D eigenvalue weighted by Gasteiger charge is -2.21. The summed E-state index contributed by atoms with van der Waals surface area (Å²) in [6, 6.07) is 22.3. The van der Waals surface area contributed by atoms with Crippen LogP contribution in [-0.2, 0) is 11.2 Å². The molecule has 0 atom stereocenters. The predicted molar refractivity (Wildman–Crippen MR) is 124 cm³/mol. The molecule has 0 spiro atoms. The quantitative estimate of drug-likeness (QED) is 0.297. The Hall–Kier alpha value is -3.99. The Labute approximate surface area is 181 Å². The van der Waals surface area contributed by atoms with Crippen molar-refractivity contribution in [1.29, 1.82) is 0 Å². The van der Waals surface area contributed by atoms with Gasteiger partial charge in [0, 0.05) is 23.4 Å². The number of non-ortho nitro benzene ring substituents is 1. The Morgan fingerprint density at radius 3 is 2.16 bits per heavy atom. The van der Waals surface area contributed by atoms with Crippen molar-refractivity contribution in [2.24, 2.45) is 0 Å². The first-order chi connectivity index (χ1) is 15.0. The molecule has 1 amide bonds. The first-order valence-corrected chi connectivity index (χ1v) is 10.1. The molecule has 0 aromatic heterocycles. The molecular formula is C26H22N2O3. The largest absolute Gasteiger partial charge is 0.276 e. The third-order valence-electron chi connectivity index (χ3n) is 5.36. The minimum Gasteiger partial charge on any atom is -0.276 e. The summed E-state index contributed by atoms with van der Waals surface area (Å²) in [5.74, 6) is -0.127. The number of nitrogens with zero attached hydrogens (tertiary/aromatic N) is 2. The number of anilines is 1. The molecule has 0 saturated heterocycles. The van der Waals surface area contributed by atoms with E-state index in [9.17, 15) is 14.9 Å². The second-order valence-electron chi connectivity index (χ2n) is 7.50. The van der Waals surface area contributed by atoms with Crippen molar-refractivity contribution < 1.29 is 9.72 Å². The second kappa shape index (κ2) is 8.40. The number of aryl methyl sites for hydroxylation is 2. The summed E-state index contributed by atoms with van der Waals surface area (Å²) in [6.07, 6.45) is 4.57. The van der Waals surface area contributed by atoms with E-state index in [4.69, 9.17) is 0 Å². The van der Waals surface area contributed by atoms with Gasteiger partial charge in [-0.2, -0.15) is 0 Å². The average Bonchev–Trinajstić information content (AvgIpc) is 3.10. The number of nitro groups is 1. The zero-order valence-corrected chi connectivity index (χ0v) is 17.4. The zero-order chi connectivity index (χ0) is 22.0. The van der Waals surface area contributed by atoms with Gasteiger partial charge in [-0.3, -0.25) is 19.8 Å². The van der Waals surface area contributed by atoms with E-state index < -0.39 is 4.92 Å². The van der Waals surface area contributed by atoms with E-state index in [1.54, 1.807) is 23.1 Å². The van der Waals surface area contributed by atoms with E-state index in [0.717, 1.165) is 34.5 Å². The number of rotatable bonds is 5. The Morgan fingerprint density at radius 2 is 1.58 bits per heavy atom. The molecule has 0 saturated carbocycles. The summed E-state index contributed by atoms with van der Waals surface area (Å²) in [7, 11) is 0. The molecule has 0 radical (unpaired) electrons. The van der Waals surface area contributed by atoms with Crippen molar-refractivity contribution in [2.45, 2.75) is 20.3 Å². The van der Waals surface area contributed by atoms with Gasteiger partial charge in [0.2, 0.25) is 0 Å². The van der Waals surface area contributed by atoms with E-state index in [2.05, 4.69) is 6.92 Å². The van der Waals surface area contributed by atoms with Crippen LogP contribution in [0.25, 0.3) is 11.8 Å². The molecule has 0 bridgehead atoms. The first-order valence-electron chi connectivity index (χ1n) is 10.1. The molecule has 5 nitrogen and oxygen atoms in total. The summed E-state index contributed by atoms with van der Waals surface area (Å²) in [5.41, 5.74) is 6.20. The summed E-state index contributed by atoms with van der Waals surface area (Å²) in [6.45, 7) is 4.12. The molecule has 0 N–H and O–H groups in total. The average molecular weight is 410 g/mol. The molecule has 4 rings (SSSR count). The maximum atomic E-state index is 13.4. The molecular weight excluding hydrogens is 388 g/mol. The van der Waals surface area contributed by atoms with Gasteiger partial charge in [0.05, 0.1) is 10.6 Å². The highest BCUT2D eigenvalue weighted by Crippen LogP contribution is 2.35. The third kappa shape index (κ3) is 4.16. The molecule has 31 heavy (non-hydrogen) atoms. The summed E-state index contributed by atoms with van der Waals surface area (Å²) in [4.78, 5) is 25.6. The normalized spacial score (nSPS) is 14.8. The SMILES string of the molecule is CCc1ccc(N2C(=O)/C(=C/c3ccc([N+](=O)[O-])cc3)C=C2c2ccc(C)cc2)cc1. The summed E-state index contributed by atoms with van der Waals surface area (Å²) >= 11 is 0. The predicted octanol–water partition coefficient (Wildman–Crippen LogP) is 5.94. The fourth-order valence-corrected chi connectivity index (χ4v) is 3.56. The van der Waals surface area contributed by atoms with Crippen molar-refractivity contribution >= 4 is 29.1 Å². The van der Waals surface area contributed by atoms with Crippen LogP contribution in [0.3, 0.4) is 0 Å². The second-order valence-corrected chi connectivity index (χ2v) is 7.50. The topological polar surface area (TPSA) is 63.5 Å². The first kappa shape index (κ1) is 20.3. The fourth-order valence-electron chi connectivity index (χ4n) is 3.56. The molecule has 1 aliphatic rings. The lowest BCUT2D eigenvalue weighted by Crippen LogP contribution is -2.24. The van der Waals surface area contributed by atoms with Crippen LogP contribution in [0.5, 0.6) is 0 Å². The maximum Gasteiger partial charge on any atom is 0.269 e. The van der Waals surface area contributed by atoms with Gasteiger partial charge in [-0.25, -0.2) is 0 Å². The third-order valence-corrected chi connectivity index (χ3v) is 5.36. The van der Waals surface area contributed by atoms with Gasteiger partial charge in [0.25, 0.3) is 11.6 Å². The molecule has 3 aromatic carbocycles. The van der Waals surface area contributed by atoms with Crippen LogP contribution in [0.15, 0.2) is 84.4 Å². The highest BCUT2D eigenvalue weighted by Gasteiger charge is 2.30. The van der Waals surface area contributed by atoms with Crippen molar-refractivity contribution in [3.63, 3.8) is 0 Å². The molecule has 154 valence electrons. The van der Waals surface area contributed by atoms with Crippen LogP contribution in [0.1, 0.15) is 29.2 Å². The monoisotopic (exact) mass is 410 g/mol. The standard InChI is InChI=1S/C26H22N2O3/c1-3-19-6-12-23(13-7-19)27-25(21-10-4-18(2)5-11-21)17-22(26(27)29)16-20-8-14-24(15-9-20)28(30)31/h4-17H,3H2,1-2H3/b22-16+. The van der Waals surface area contributed by atoms with Crippen LogP contribution in [0.4, 0.5) is 11.4 Å². The Kier molecular flexibility index (Phi) is 5.50. The van der Waals surface area contributed by atoms with Crippen LogP contribution in [0, 0.1) is 17.0 Å². The van der Waals surface area contributed by atoms with E-state index in [-0.39, 0.29) is 11.6 Å². The smallest absolute Gasteiger partial charge is 0.269 e. The number of nitro benzene ring substituents is 1. The number of benzene rings is 3. The van der Waals surface area contributed by atoms with Crippen molar-refractivity contribution in [1.82, 2.24) is 0 Å². The van der Waals surface area contributed by atoms with Crippen molar-refractivity contribution in [2.75, 3.05) is 4.90 Å². The van der Waals surface area contributed by atoms with Gasteiger partial charge in [0.1, 0.15) is 0 Å². The number of carbonyl (C=O) groups is 1. The molecule has 0 fully saturated rings. The number of carbonyl (C=O) groups excluding carboxylic acids is 1. The molecule has 1 aliphatic heterocycles. The lowest BCUT2D eigenvalue weighted by molar-refractivity contribution is -0.384.